The van der Waals surface area contributed by atoms with Crippen molar-refractivity contribution in [3.8, 4) is 17.5 Å². The number of nitrogens with zero attached hydrogens (tertiary/aromatic N) is 3. The third-order valence-electron chi connectivity index (χ3n) is 2.96. The molecule has 2 aromatic rings. The maximum Gasteiger partial charge on any atom is 0.259 e. The van der Waals surface area contributed by atoms with Crippen LogP contribution < -0.4 is 0 Å². The van der Waals surface area contributed by atoms with Crippen LogP contribution in [0.1, 0.15) is 36.0 Å². The van der Waals surface area contributed by atoms with Gasteiger partial charge in [-0.25, -0.2) is 0 Å². The summed E-state index contributed by atoms with van der Waals surface area (Å²) in [6.07, 6.45) is 5.32. The lowest BCUT2D eigenvalue weighted by atomic mass is 10.2. The van der Waals surface area contributed by atoms with Gasteiger partial charge in [0.05, 0.1) is 10.8 Å². The highest BCUT2D eigenvalue weighted by molar-refractivity contribution is 7.99. The first-order valence-corrected chi connectivity index (χ1v) is 6.96. The minimum Gasteiger partial charge on any atom is -0.352 e. The normalized spacial score (nSPS) is 19.6. The average molecular weight is 260 g/mol. The van der Waals surface area contributed by atoms with Crippen molar-refractivity contribution in [2.24, 2.45) is 0 Å². The van der Waals surface area contributed by atoms with Crippen molar-refractivity contribution in [3.63, 3.8) is 0 Å². The van der Waals surface area contributed by atoms with Crippen LogP contribution in [0.4, 0.5) is 0 Å². The van der Waals surface area contributed by atoms with Crippen molar-refractivity contribution in [1.82, 2.24) is 15.1 Å². The van der Waals surface area contributed by atoms with E-state index in [4.69, 9.17) is 9.78 Å². The van der Waals surface area contributed by atoms with Gasteiger partial charge in [-0.2, -0.15) is 22.0 Å². The van der Waals surface area contributed by atoms with Gasteiger partial charge in [0.25, 0.3) is 5.89 Å². The first-order chi connectivity index (χ1) is 8.86. The lowest BCUT2D eigenvalue weighted by molar-refractivity contribution is 0.420. The van der Waals surface area contributed by atoms with Crippen molar-refractivity contribution < 1.29 is 4.52 Å². The summed E-state index contributed by atoms with van der Waals surface area (Å²) in [5, 5.41) is 13.2. The highest BCUT2D eigenvalue weighted by Crippen LogP contribution is 2.37. The summed E-state index contributed by atoms with van der Waals surface area (Å²) < 4.78 is 5.26. The molecule has 1 aliphatic rings. The highest BCUT2D eigenvalue weighted by atomic mass is 32.2. The van der Waals surface area contributed by atoms with Crippen LogP contribution in [0.5, 0.6) is 0 Å². The maximum absolute atomic E-state index is 8.76. The molecule has 3 heterocycles. The number of rotatable bonds is 2. The second kappa shape index (κ2) is 4.86. The van der Waals surface area contributed by atoms with Gasteiger partial charge in [-0.1, -0.05) is 11.6 Å². The molecule has 1 N–H and O–H groups in total. The van der Waals surface area contributed by atoms with Crippen molar-refractivity contribution >= 4 is 11.8 Å². The molecule has 0 radical (unpaired) electrons. The summed E-state index contributed by atoms with van der Waals surface area (Å²) in [6.45, 7) is 0. The summed E-state index contributed by atoms with van der Waals surface area (Å²) in [5.41, 5.74) is 1.27. The van der Waals surface area contributed by atoms with Gasteiger partial charge in [0.15, 0.2) is 5.82 Å². The number of thioether (sulfide) groups is 1. The first-order valence-electron chi connectivity index (χ1n) is 5.91. The van der Waals surface area contributed by atoms with Gasteiger partial charge in [0.2, 0.25) is 0 Å². The Morgan fingerprint density at radius 3 is 3.17 bits per heavy atom. The van der Waals surface area contributed by atoms with Crippen molar-refractivity contribution in [1.29, 1.82) is 5.26 Å². The van der Waals surface area contributed by atoms with Crippen LogP contribution in [0, 0.1) is 11.3 Å². The molecule has 18 heavy (non-hydrogen) atoms. The molecule has 6 heteroatoms. The van der Waals surface area contributed by atoms with Gasteiger partial charge in [0.1, 0.15) is 11.8 Å². The summed E-state index contributed by atoms with van der Waals surface area (Å²) in [4.78, 5) is 7.27. The zero-order valence-corrected chi connectivity index (χ0v) is 10.5. The molecule has 92 valence electrons. The summed E-state index contributed by atoms with van der Waals surface area (Å²) in [5.74, 6) is 2.42. The van der Waals surface area contributed by atoms with E-state index < -0.39 is 0 Å². The minimum absolute atomic E-state index is 0.352. The average Bonchev–Trinajstić information content (AvgIpc) is 3.08. The van der Waals surface area contributed by atoms with Gasteiger partial charge in [0, 0.05) is 6.20 Å². The number of H-pyrrole nitrogens is 1. The van der Waals surface area contributed by atoms with E-state index in [2.05, 4.69) is 15.1 Å². The summed E-state index contributed by atoms with van der Waals surface area (Å²) in [6, 6.07) is 3.75. The van der Waals surface area contributed by atoms with E-state index in [0.717, 1.165) is 23.6 Å². The van der Waals surface area contributed by atoms with Gasteiger partial charge in [-0.15, -0.1) is 0 Å². The lowest BCUT2D eigenvalue weighted by Gasteiger charge is -2.17. The fraction of sp³-hybridized carbons (Fsp3) is 0.417. The molecule has 1 fully saturated rings. The van der Waals surface area contributed by atoms with Gasteiger partial charge in [-0.05, 0) is 24.7 Å². The molecule has 0 aliphatic carbocycles. The molecular weight excluding hydrogens is 248 g/mol. The Kier molecular flexibility index (Phi) is 3.07. The van der Waals surface area contributed by atoms with E-state index in [1.54, 1.807) is 12.3 Å². The third-order valence-corrected chi connectivity index (χ3v) is 4.33. The van der Waals surface area contributed by atoms with E-state index >= 15 is 0 Å². The van der Waals surface area contributed by atoms with Gasteiger partial charge < -0.3 is 9.51 Å². The standard InChI is InChI=1S/C12H12N4OS/c13-6-9-5-8(7-14-9)12-15-11(16-17-12)10-3-1-2-4-18-10/h5,7,10,14H,1-4H2. The predicted molar refractivity (Wildman–Crippen MR) is 67.8 cm³/mol. The maximum atomic E-state index is 8.76. The lowest BCUT2D eigenvalue weighted by Crippen LogP contribution is -2.03. The smallest absolute Gasteiger partial charge is 0.259 e. The Balaban J connectivity index is 1.82. The van der Waals surface area contributed by atoms with E-state index in [1.165, 1.54) is 12.8 Å². The van der Waals surface area contributed by atoms with Crippen LogP contribution in [0.25, 0.3) is 11.5 Å². The second-order valence-electron chi connectivity index (χ2n) is 4.23. The molecule has 2 aromatic heterocycles. The van der Waals surface area contributed by atoms with E-state index in [0.29, 0.717) is 16.8 Å². The molecule has 3 rings (SSSR count). The van der Waals surface area contributed by atoms with Crippen LogP contribution in [0.3, 0.4) is 0 Å². The van der Waals surface area contributed by atoms with Crippen molar-refractivity contribution in [2.75, 3.05) is 5.75 Å². The Morgan fingerprint density at radius 2 is 2.44 bits per heavy atom. The molecule has 0 spiro atoms. The summed E-state index contributed by atoms with van der Waals surface area (Å²) in [7, 11) is 0. The Morgan fingerprint density at radius 1 is 1.50 bits per heavy atom. The number of aromatic nitrogens is 3. The first kappa shape index (κ1) is 11.4. The van der Waals surface area contributed by atoms with E-state index in [1.807, 2.05) is 17.8 Å². The van der Waals surface area contributed by atoms with Crippen LogP contribution in [-0.4, -0.2) is 20.9 Å². The number of nitriles is 1. The Labute approximate surface area is 109 Å². The number of hydrogen-bond donors (Lipinski definition) is 1. The van der Waals surface area contributed by atoms with Gasteiger partial charge >= 0.3 is 0 Å². The second-order valence-corrected chi connectivity index (χ2v) is 5.54. The van der Waals surface area contributed by atoms with Gasteiger partial charge in [-0.3, -0.25) is 0 Å². The molecule has 1 atom stereocenters. The predicted octanol–water partition coefficient (Wildman–Crippen LogP) is 2.89. The molecule has 1 aliphatic heterocycles. The number of nitrogens with one attached hydrogen (secondary N) is 1. The molecule has 0 bridgehead atoms. The molecule has 0 aromatic carbocycles. The quantitative estimate of drug-likeness (QED) is 0.898. The summed E-state index contributed by atoms with van der Waals surface area (Å²) >= 11 is 1.89. The van der Waals surface area contributed by atoms with Crippen LogP contribution in [0.2, 0.25) is 0 Å². The van der Waals surface area contributed by atoms with E-state index in [9.17, 15) is 0 Å². The third kappa shape index (κ3) is 2.14. The molecular formula is C12H12N4OS. The highest BCUT2D eigenvalue weighted by Gasteiger charge is 2.22. The molecule has 0 amide bonds. The largest absolute Gasteiger partial charge is 0.352 e. The molecule has 1 saturated heterocycles. The van der Waals surface area contributed by atoms with Crippen molar-refractivity contribution in [3.05, 3.63) is 23.8 Å². The van der Waals surface area contributed by atoms with E-state index in [-0.39, 0.29) is 0 Å². The molecule has 1 unspecified atom stereocenters. The van der Waals surface area contributed by atoms with Crippen molar-refractivity contribution in [2.45, 2.75) is 24.5 Å². The fourth-order valence-electron chi connectivity index (χ4n) is 2.01. The Hall–Kier alpha value is -1.74. The van der Waals surface area contributed by atoms with Crippen LogP contribution in [-0.2, 0) is 0 Å². The van der Waals surface area contributed by atoms with Crippen LogP contribution in [0.15, 0.2) is 16.8 Å². The van der Waals surface area contributed by atoms with Crippen LogP contribution >= 0.6 is 11.8 Å². The molecule has 5 nitrogen and oxygen atoms in total. The minimum atomic E-state index is 0.352. The SMILES string of the molecule is N#Cc1cc(-c2nc(C3CCCCS3)no2)c[nH]1. The topological polar surface area (TPSA) is 78.5 Å². The molecule has 0 saturated carbocycles. The monoisotopic (exact) mass is 260 g/mol. The number of hydrogen-bond acceptors (Lipinski definition) is 5. The fourth-order valence-corrected chi connectivity index (χ4v) is 3.24. The zero-order chi connectivity index (χ0) is 12.4. The Bertz CT molecular complexity index is 577. The zero-order valence-electron chi connectivity index (χ0n) is 9.72. The number of aromatic amines is 1.